The molecule has 0 radical (unpaired) electrons. The summed E-state index contributed by atoms with van der Waals surface area (Å²) in [4.78, 5) is 26.2. The monoisotopic (exact) mass is 426 g/mol. The van der Waals surface area contributed by atoms with Crippen LogP contribution in [0.2, 0.25) is 0 Å². The van der Waals surface area contributed by atoms with Crippen molar-refractivity contribution in [2.24, 2.45) is 5.10 Å². The van der Waals surface area contributed by atoms with Crippen molar-refractivity contribution in [3.05, 3.63) is 53.6 Å². The Morgan fingerprint density at radius 1 is 1.16 bits per heavy atom. The van der Waals surface area contributed by atoms with Gasteiger partial charge in [0.05, 0.1) is 31.6 Å². The molecule has 0 spiro atoms. The molecule has 1 aliphatic heterocycles. The van der Waals surface area contributed by atoms with Crippen LogP contribution in [0.5, 0.6) is 11.5 Å². The molecule has 3 N–H and O–H groups in total. The normalized spacial score (nSPS) is 13.8. The van der Waals surface area contributed by atoms with Gasteiger partial charge in [-0.25, -0.2) is 5.43 Å². The minimum Gasteiger partial charge on any atom is -0.490 e. The first kappa shape index (κ1) is 22.1. The topological polar surface area (TPSA) is 115 Å². The predicted octanol–water partition coefficient (Wildman–Crippen LogP) is 1.67. The molecule has 0 saturated carbocycles. The highest BCUT2D eigenvalue weighted by Crippen LogP contribution is 2.28. The fraction of sp³-hybridized carbons (Fsp3) is 0.318. The molecule has 0 aliphatic carbocycles. The van der Waals surface area contributed by atoms with E-state index in [4.69, 9.17) is 19.9 Å². The number of benzene rings is 2. The third-order valence-electron chi connectivity index (χ3n) is 4.57. The number of hydrogen-bond donors (Lipinski definition) is 2. The van der Waals surface area contributed by atoms with Crippen LogP contribution in [0.25, 0.3) is 0 Å². The number of carbonyl (C=O) groups is 2. The van der Waals surface area contributed by atoms with Crippen molar-refractivity contribution < 1.29 is 23.8 Å². The van der Waals surface area contributed by atoms with Crippen LogP contribution in [0.3, 0.4) is 0 Å². The summed E-state index contributed by atoms with van der Waals surface area (Å²) < 4.78 is 16.6. The lowest BCUT2D eigenvalue weighted by atomic mass is 10.2. The van der Waals surface area contributed by atoms with Crippen molar-refractivity contribution in [1.29, 1.82) is 0 Å². The molecule has 2 aromatic carbocycles. The number of nitrogens with one attached hydrogen (secondary N) is 1. The standard InChI is InChI=1S/C22H26N4O5/c1-2-30-20-13-16(14-24-25-22(28)17-5-3-4-6-18(17)23)7-8-19(20)31-15-21(27)26-9-11-29-12-10-26/h3-8,13-14H,2,9-12,15,23H2,1H3,(H,25,28)/b24-14+. The Kier molecular flexibility index (Phi) is 7.83. The second-order valence-corrected chi connectivity index (χ2v) is 6.71. The van der Waals surface area contributed by atoms with E-state index in [0.29, 0.717) is 61.2 Å². The average Bonchev–Trinajstić information content (AvgIpc) is 2.79. The first-order valence-corrected chi connectivity index (χ1v) is 10.0. The molecule has 0 unspecified atom stereocenters. The minimum absolute atomic E-state index is 0.0813. The average molecular weight is 426 g/mol. The minimum atomic E-state index is -0.402. The number of hydrazone groups is 1. The first-order chi connectivity index (χ1) is 15.1. The highest BCUT2D eigenvalue weighted by atomic mass is 16.5. The number of carbonyl (C=O) groups excluding carboxylic acids is 2. The van der Waals surface area contributed by atoms with Gasteiger partial charge in [-0.1, -0.05) is 12.1 Å². The summed E-state index contributed by atoms with van der Waals surface area (Å²) in [5.41, 5.74) is 9.66. The summed E-state index contributed by atoms with van der Waals surface area (Å²) in [6.07, 6.45) is 1.49. The zero-order valence-electron chi connectivity index (χ0n) is 17.4. The fourth-order valence-electron chi connectivity index (χ4n) is 2.97. The lowest BCUT2D eigenvalue weighted by molar-refractivity contribution is -0.137. The molecule has 0 aromatic heterocycles. The van der Waals surface area contributed by atoms with Crippen LogP contribution in [-0.2, 0) is 9.53 Å². The summed E-state index contributed by atoms with van der Waals surface area (Å²) in [6, 6.07) is 11.9. The number of amides is 2. The Labute approximate surface area is 180 Å². The smallest absolute Gasteiger partial charge is 0.273 e. The summed E-state index contributed by atoms with van der Waals surface area (Å²) >= 11 is 0. The second-order valence-electron chi connectivity index (χ2n) is 6.71. The maximum atomic E-state index is 12.3. The summed E-state index contributed by atoms with van der Waals surface area (Å²) in [5.74, 6) is 0.446. The quantitative estimate of drug-likeness (QED) is 0.377. The fourth-order valence-corrected chi connectivity index (χ4v) is 2.97. The lowest BCUT2D eigenvalue weighted by Crippen LogP contribution is -2.43. The number of morpholine rings is 1. The molecule has 2 amide bonds. The predicted molar refractivity (Wildman–Crippen MR) is 116 cm³/mol. The van der Waals surface area contributed by atoms with Crippen molar-refractivity contribution in [3.8, 4) is 11.5 Å². The van der Waals surface area contributed by atoms with E-state index in [9.17, 15) is 9.59 Å². The van der Waals surface area contributed by atoms with Gasteiger partial charge in [-0.05, 0) is 42.8 Å². The van der Waals surface area contributed by atoms with Crippen molar-refractivity contribution in [2.75, 3.05) is 45.3 Å². The molecule has 0 atom stereocenters. The number of hydrogen-bond acceptors (Lipinski definition) is 7. The van der Waals surface area contributed by atoms with Gasteiger partial charge >= 0.3 is 0 Å². The van der Waals surface area contributed by atoms with E-state index in [2.05, 4.69) is 10.5 Å². The van der Waals surface area contributed by atoms with Gasteiger partial charge < -0.3 is 24.8 Å². The Morgan fingerprint density at radius 3 is 2.68 bits per heavy atom. The molecular formula is C22H26N4O5. The van der Waals surface area contributed by atoms with E-state index in [0.717, 1.165) is 0 Å². The van der Waals surface area contributed by atoms with Gasteiger partial charge in [0.15, 0.2) is 18.1 Å². The van der Waals surface area contributed by atoms with Crippen LogP contribution in [0.4, 0.5) is 5.69 Å². The van der Waals surface area contributed by atoms with Crippen LogP contribution < -0.4 is 20.6 Å². The molecule has 9 heteroatoms. The van der Waals surface area contributed by atoms with Gasteiger partial charge in [-0.3, -0.25) is 9.59 Å². The number of nitrogen functional groups attached to an aromatic ring is 1. The van der Waals surface area contributed by atoms with Gasteiger partial charge in [0.25, 0.3) is 11.8 Å². The largest absolute Gasteiger partial charge is 0.490 e. The van der Waals surface area contributed by atoms with Gasteiger partial charge in [-0.2, -0.15) is 5.10 Å². The zero-order chi connectivity index (χ0) is 22.1. The maximum Gasteiger partial charge on any atom is 0.273 e. The molecule has 1 fully saturated rings. The van der Waals surface area contributed by atoms with Crippen LogP contribution in [0, 0.1) is 0 Å². The lowest BCUT2D eigenvalue weighted by Gasteiger charge is -2.26. The number of anilines is 1. The summed E-state index contributed by atoms with van der Waals surface area (Å²) in [5, 5.41) is 3.98. The van der Waals surface area contributed by atoms with E-state index in [1.165, 1.54) is 6.21 Å². The zero-order valence-corrected chi connectivity index (χ0v) is 17.4. The Hall–Kier alpha value is -3.59. The van der Waals surface area contributed by atoms with E-state index >= 15 is 0 Å². The molecule has 1 saturated heterocycles. The number of nitrogens with two attached hydrogens (primary N) is 1. The van der Waals surface area contributed by atoms with Crippen molar-refractivity contribution in [3.63, 3.8) is 0 Å². The van der Waals surface area contributed by atoms with Crippen molar-refractivity contribution >= 4 is 23.7 Å². The van der Waals surface area contributed by atoms with E-state index in [-0.39, 0.29) is 12.5 Å². The molecule has 31 heavy (non-hydrogen) atoms. The molecule has 2 aromatic rings. The van der Waals surface area contributed by atoms with Crippen LogP contribution in [-0.4, -0.2) is 62.4 Å². The summed E-state index contributed by atoms with van der Waals surface area (Å²) in [7, 11) is 0. The molecule has 1 aliphatic rings. The highest BCUT2D eigenvalue weighted by Gasteiger charge is 2.18. The molecule has 164 valence electrons. The number of para-hydroxylation sites is 1. The Morgan fingerprint density at radius 2 is 1.94 bits per heavy atom. The van der Waals surface area contributed by atoms with E-state index in [1.54, 1.807) is 47.4 Å². The summed E-state index contributed by atoms with van der Waals surface area (Å²) in [6.45, 7) is 4.41. The molecule has 3 rings (SSSR count). The van der Waals surface area contributed by atoms with Crippen molar-refractivity contribution in [1.82, 2.24) is 10.3 Å². The van der Waals surface area contributed by atoms with Crippen molar-refractivity contribution in [2.45, 2.75) is 6.92 Å². The highest BCUT2D eigenvalue weighted by molar-refractivity contribution is 5.99. The van der Waals surface area contributed by atoms with Gasteiger partial charge in [0.1, 0.15) is 0 Å². The molecule has 0 bridgehead atoms. The van der Waals surface area contributed by atoms with Gasteiger partial charge in [-0.15, -0.1) is 0 Å². The third kappa shape index (κ3) is 6.19. The first-order valence-electron chi connectivity index (χ1n) is 10.0. The second kappa shape index (κ2) is 11.0. The van der Waals surface area contributed by atoms with Gasteiger partial charge in [0, 0.05) is 18.8 Å². The molecule has 9 nitrogen and oxygen atoms in total. The number of nitrogens with zero attached hydrogens (tertiary/aromatic N) is 2. The van der Waals surface area contributed by atoms with Crippen LogP contribution >= 0.6 is 0 Å². The number of rotatable bonds is 8. The third-order valence-corrected chi connectivity index (χ3v) is 4.57. The van der Waals surface area contributed by atoms with E-state index < -0.39 is 5.91 Å². The SMILES string of the molecule is CCOc1cc(/C=N/NC(=O)c2ccccc2N)ccc1OCC(=O)N1CCOCC1. The molecule has 1 heterocycles. The van der Waals surface area contributed by atoms with Gasteiger partial charge in [0.2, 0.25) is 0 Å². The van der Waals surface area contributed by atoms with E-state index in [1.807, 2.05) is 6.92 Å². The van der Waals surface area contributed by atoms with Crippen LogP contribution in [0.15, 0.2) is 47.6 Å². The number of ether oxygens (including phenoxy) is 3. The Bertz CT molecular complexity index is 941. The Balaban J connectivity index is 1.61. The maximum absolute atomic E-state index is 12.3. The molecular weight excluding hydrogens is 400 g/mol. The van der Waals surface area contributed by atoms with Crippen LogP contribution in [0.1, 0.15) is 22.8 Å².